The summed E-state index contributed by atoms with van der Waals surface area (Å²) in [5.41, 5.74) is 0.724. The van der Waals surface area contributed by atoms with Gasteiger partial charge in [-0.15, -0.1) is 0 Å². The lowest BCUT2D eigenvalue weighted by Crippen LogP contribution is -2.26. The summed E-state index contributed by atoms with van der Waals surface area (Å²) in [6, 6.07) is 14.6. The minimum absolute atomic E-state index is 0.0378. The molecule has 1 atom stereocenters. The van der Waals surface area contributed by atoms with Crippen LogP contribution < -0.4 is 10.3 Å². The molecule has 124 valence electrons. The quantitative estimate of drug-likeness (QED) is 0.667. The van der Waals surface area contributed by atoms with E-state index in [0.717, 1.165) is 10.4 Å². The van der Waals surface area contributed by atoms with Crippen LogP contribution in [0.4, 0.5) is 0 Å². The van der Waals surface area contributed by atoms with Crippen LogP contribution in [0, 0.1) is 0 Å². The van der Waals surface area contributed by atoms with Crippen molar-refractivity contribution < 1.29 is 14.3 Å². The van der Waals surface area contributed by atoms with Gasteiger partial charge in [0.1, 0.15) is 5.75 Å². The van der Waals surface area contributed by atoms with Crippen LogP contribution in [0.2, 0.25) is 0 Å². The van der Waals surface area contributed by atoms with Gasteiger partial charge in [0, 0.05) is 0 Å². The van der Waals surface area contributed by atoms with Gasteiger partial charge in [0.05, 0.1) is 22.4 Å². The number of ether oxygens (including phenoxy) is 2. The summed E-state index contributed by atoms with van der Waals surface area (Å²) in [7, 11) is 0. The minimum Gasteiger partial charge on any atom is -0.479 e. The fourth-order valence-electron chi connectivity index (χ4n) is 2.31. The lowest BCUT2D eigenvalue weighted by atomic mass is 10.2. The summed E-state index contributed by atoms with van der Waals surface area (Å²) in [5.74, 6) is 0.149. The van der Waals surface area contributed by atoms with Gasteiger partial charge in [-0.25, -0.2) is 8.75 Å². The molecule has 5 nitrogen and oxygen atoms in total. The zero-order valence-electron chi connectivity index (χ0n) is 13.4. The van der Waals surface area contributed by atoms with E-state index in [2.05, 4.69) is 0 Å². The van der Waals surface area contributed by atoms with E-state index in [1.165, 1.54) is 11.5 Å². The predicted octanol–water partition coefficient (Wildman–Crippen LogP) is 3.38. The Morgan fingerprint density at radius 3 is 2.54 bits per heavy atom. The van der Waals surface area contributed by atoms with E-state index in [-0.39, 0.29) is 5.56 Å². The Balaban J connectivity index is 1.82. The largest absolute Gasteiger partial charge is 0.479 e. The Hall–Kier alpha value is -2.60. The highest BCUT2D eigenvalue weighted by atomic mass is 32.1. The van der Waals surface area contributed by atoms with Gasteiger partial charge in [0.15, 0.2) is 6.10 Å². The highest BCUT2D eigenvalue weighted by Gasteiger charge is 2.16. The van der Waals surface area contributed by atoms with Gasteiger partial charge in [0.2, 0.25) is 0 Å². The molecule has 24 heavy (non-hydrogen) atoms. The van der Waals surface area contributed by atoms with E-state index in [1.54, 1.807) is 42.1 Å². The maximum atomic E-state index is 12.4. The van der Waals surface area contributed by atoms with Crippen molar-refractivity contribution in [1.29, 1.82) is 0 Å². The Labute approximate surface area is 143 Å². The number of hydrogen-bond acceptors (Lipinski definition) is 5. The molecule has 3 rings (SSSR count). The van der Waals surface area contributed by atoms with Crippen LogP contribution in [0.25, 0.3) is 15.8 Å². The number of benzene rings is 2. The van der Waals surface area contributed by atoms with Crippen LogP contribution in [0.5, 0.6) is 5.75 Å². The molecular formula is C18H17NO4S. The number of fused-ring (bicyclic) bond motifs is 1. The molecule has 0 spiro atoms. The molecule has 1 heterocycles. The van der Waals surface area contributed by atoms with E-state index >= 15 is 0 Å². The lowest BCUT2D eigenvalue weighted by molar-refractivity contribution is -0.150. The standard InChI is InChI=1S/C18H17NO4S/c1-3-22-18(21)12(2)23-14-10-8-13(9-11-14)19-17(20)15-6-4-5-7-16(15)24-19/h4-12H,3H2,1-2H3. The Bertz CT molecular complexity index is 911. The van der Waals surface area contributed by atoms with E-state index in [1.807, 2.05) is 24.3 Å². The van der Waals surface area contributed by atoms with Gasteiger partial charge in [0.25, 0.3) is 5.56 Å². The first-order chi connectivity index (χ1) is 11.6. The summed E-state index contributed by atoms with van der Waals surface area (Å²) >= 11 is 1.40. The highest BCUT2D eigenvalue weighted by Crippen LogP contribution is 2.22. The fraction of sp³-hybridized carbons (Fsp3) is 0.222. The molecule has 3 aromatic rings. The van der Waals surface area contributed by atoms with Crippen molar-refractivity contribution in [3.63, 3.8) is 0 Å². The molecule has 6 heteroatoms. The zero-order valence-corrected chi connectivity index (χ0v) is 14.2. The first-order valence-corrected chi connectivity index (χ1v) is 8.42. The van der Waals surface area contributed by atoms with E-state index in [9.17, 15) is 9.59 Å². The minimum atomic E-state index is -0.678. The third-order valence-electron chi connectivity index (χ3n) is 3.49. The fourth-order valence-corrected chi connectivity index (χ4v) is 3.31. The number of aromatic nitrogens is 1. The second-order valence-electron chi connectivity index (χ2n) is 5.19. The van der Waals surface area contributed by atoms with E-state index in [4.69, 9.17) is 9.47 Å². The third-order valence-corrected chi connectivity index (χ3v) is 4.61. The Morgan fingerprint density at radius 1 is 1.17 bits per heavy atom. The molecule has 0 aliphatic heterocycles. The molecule has 1 aromatic heterocycles. The van der Waals surface area contributed by atoms with Crippen molar-refractivity contribution in [2.45, 2.75) is 20.0 Å². The van der Waals surface area contributed by atoms with Crippen molar-refractivity contribution in [1.82, 2.24) is 3.96 Å². The van der Waals surface area contributed by atoms with Crippen molar-refractivity contribution >= 4 is 27.6 Å². The summed E-state index contributed by atoms with van der Waals surface area (Å²) in [6.07, 6.45) is -0.678. The molecule has 0 N–H and O–H groups in total. The van der Waals surface area contributed by atoms with Gasteiger partial charge in [-0.2, -0.15) is 0 Å². The molecule has 0 amide bonds. The van der Waals surface area contributed by atoms with Gasteiger partial charge in [-0.05, 0) is 50.2 Å². The van der Waals surface area contributed by atoms with Crippen molar-refractivity contribution in [3.05, 3.63) is 58.9 Å². The first-order valence-electron chi connectivity index (χ1n) is 7.65. The van der Waals surface area contributed by atoms with Crippen LogP contribution in [-0.4, -0.2) is 22.6 Å². The predicted molar refractivity (Wildman–Crippen MR) is 94.1 cm³/mol. The molecule has 0 radical (unpaired) electrons. The maximum Gasteiger partial charge on any atom is 0.347 e. The second-order valence-corrected chi connectivity index (χ2v) is 6.18. The Kier molecular flexibility index (Phi) is 4.66. The van der Waals surface area contributed by atoms with Crippen LogP contribution >= 0.6 is 11.5 Å². The smallest absolute Gasteiger partial charge is 0.347 e. The van der Waals surface area contributed by atoms with E-state index < -0.39 is 12.1 Å². The van der Waals surface area contributed by atoms with Crippen molar-refractivity contribution in [2.75, 3.05) is 6.61 Å². The normalized spacial score (nSPS) is 12.1. The molecule has 1 unspecified atom stereocenters. The third kappa shape index (κ3) is 3.19. The molecule has 0 saturated carbocycles. The average molecular weight is 343 g/mol. The number of carbonyl (C=O) groups is 1. The SMILES string of the molecule is CCOC(=O)C(C)Oc1ccc(-n2sc3ccccc3c2=O)cc1. The number of carbonyl (C=O) groups excluding carboxylic acids is 1. The first kappa shape index (κ1) is 16.3. The van der Waals surface area contributed by atoms with Crippen molar-refractivity contribution in [3.8, 4) is 11.4 Å². The molecular weight excluding hydrogens is 326 g/mol. The van der Waals surface area contributed by atoms with Crippen LogP contribution in [-0.2, 0) is 9.53 Å². The van der Waals surface area contributed by atoms with Crippen LogP contribution in [0.15, 0.2) is 53.3 Å². The van der Waals surface area contributed by atoms with Gasteiger partial charge in [-0.3, -0.25) is 4.79 Å². The summed E-state index contributed by atoms with van der Waals surface area (Å²) in [4.78, 5) is 24.0. The summed E-state index contributed by atoms with van der Waals surface area (Å²) in [5, 5.41) is 0.707. The number of nitrogens with zero attached hydrogens (tertiary/aromatic N) is 1. The lowest BCUT2D eigenvalue weighted by Gasteiger charge is -2.13. The topological polar surface area (TPSA) is 57.5 Å². The number of rotatable bonds is 5. The zero-order chi connectivity index (χ0) is 17.1. The monoisotopic (exact) mass is 343 g/mol. The number of esters is 1. The molecule has 2 aromatic carbocycles. The van der Waals surface area contributed by atoms with Crippen LogP contribution in [0.1, 0.15) is 13.8 Å². The molecule has 0 saturated heterocycles. The summed E-state index contributed by atoms with van der Waals surface area (Å²) in [6.45, 7) is 3.71. The number of hydrogen-bond donors (Lipinski definition) is 0. The Morgan fingerprint density at radius 2 is 1.88 bits per heavy atom. The average Bonchev–Trinajstić information content (AvgIpc) is 2.93. The van der Waals surface area contributed by atoms with Gasteiger partial charge in [-0.1, -0.05) is 23.7 Å². The molecule has 0 aliphatic rings. The highest BCUT2D eigenvalue weighted by molar-refractivity contribution is 7.14. The van der Waals surface area contributed by atoms with Gasteiger partial charge < -0.3 is 9.47 Å². The van der Waals surface area contributed by atoms with Crippen molar-refractivity contribution in [2.24, 2.45) is 0 Å². The van der Waals surface area contributed by atoms with Crippen LogP contribution in [0.3, 0.4) is 0 Å². The molecule has 0 aliphatic carbocycles. The second kappa shape index (κ2) is 6.88. The van der Waals surface area contributed by atoms with E-state index in [0.29, 0.717) is 17.7 Å². The summed E-state index contributed by atoms with van der Waals surface area (Å²) < 4.78 is 13.0. The molecule has 0 bridgehead atoms. The maximum absolute atomic E-state index is 12.4. The molecule has 0 fully saturated rings. The van der Waals surface area contributed by atoms with Gasteiger partial charge >= 0.3 is 5.97 Å².